The lowest BCUT2D eigenvalue weighted by Crippen LogP contribution is -2.16. The molecule has 0 aliphatic heterocycles. The minimum absolute atomic E-state index is 0.677. The molecule has 2 nitrogen and oxygen atoms in total. The van der Waals surface area contributed by atoms with Gasteiger partial charge in [0.25, 0.3) is 0 Å². The van der Waals surface area contributed by atoms with Crippen LogP contribution in [0.4, 0.5) is 0 Å². The summed E-state index contributed by atoms with van der Waals surface area (Å²) >= 11 is 0. The van der Waals surface area contributed by atoms with Gasteiger partial charge in [-0.25, -0.2) is 0 Å². The van der Waals surface area contributed by atoms with Crippen LogP contribution in [-0.2, 0) is 0 Å². The minimum Gasteiger partial charge on any atom is -0.270 e. The van der Waals surface area contributed by atoms with Crippen molar-refractivity contribution >= 4 is 0 Å². The molecule has 1 heterocycles. The molecule has 1 aliphatic rings. The van der Waals surface area contributed by atoms with Gasteiger partial charge in [-0.3, -0.25) is 4.68 Å². The molecule has 0 bridgehead atoms. The SMILES string of the molecule is C[C@H]1CC[C@@H](n2cccn2)CC1. The molecule has 1 saturated carbocycles. The molecule has 2 rings (SSSR count). The minimum atomic E-state index is 0.677. The van der Waals surface area contributed by atoms with Crippen molar-refractivity contribution in [3.8, 4) is 0 Å². The van der Waals surface area contributed by atoms with E-state index in [9.17, 15) is 0 Å². The number of nitrogens with zero attached hydrogens (tertiary/aromatic N) is 2. The van der Waals surface area contributed by atoms with Crippen molar-refractivity contribution in [2.45, 2.75) is 38.6 Å². The molecule has 0 saturated heterocycles. The fraction of sp³-hybridized carbons (Fsp3) is 0.700. The quantitative estimate of drug-likeness (QED) is 0.624. The number of hydrogen-bond donors (Lipinski definition) is 0. The van der Waals surface area contributed by atoms with Crippen molar-refractivity contribution in [3.05, 3.63) is 18.5 Å². The molecule has 2 heteroatoms. The van der Waals surface area contributed by atoms with Crippen molar-refractivity contribution in [2.75, 3.05) is 0 Å². The highest BCUT2D eigenvalue weighted by atomic mass is 15.3. The fourth-order valence-electron chi connectivity index (χ4n) is 2.00. The average molecular weight is 164 g/mol. The molecule has 0 N–H and O–H groups in total. The van der Waals surface area contributed by atoms with Gasteiger partial charge in [-0.2, -0.15) is 5.10 Å². The normalized spacial score (nSPS) is 30.4. The third kappa shape index (κ3) is 1.52. The first-order valence-electron chi connectivity index (χ1n) is 4.85. The van der Waals surface area contributed by atoms with Gasteiger partial charge in [0.15, 0.2) is 0 Å². The summed E-state index contributed by atoms with van der Waals surface area (Å²) < 4.78 is 2.12. The molecule has 1 aromatic heterocycles. The first-order valence-corrected chi connectivity index (χ1v) is 4.85. The monoisotopic (exact) mass is 164 g/mol. The zero-order chi connectivity index (χ0) is 8.39. The van der Waals surface area contributed by atoms with Crippen molar-refractivity contribution < 1.29 is 0 Å². The predicted octanol–water partition coefficient (Wildman–Crippen LogP) is 2.63. The highest BCUT2D eigenvalue weighted by Crippen LogP contribution is 2.30. The van der Waals surface area contributed by atoms with Crippen LogP contribution in [0, 0.1) is 5.92 Å². The predicted molar refractivity (Wildman–Crippen MR) is 48.9 cm³/mol. The summed E-state index contributed by atoms with van der Waals surface area (Å²) in [7, 11) is 0. The topological polar surface area (TPSA) is 17.8 Å². The summed E-state index contributed by atoms with van der Waals surface area (Å²) in [5, 5.41) is 4.28. The highest BCUT2D eigenvalue weighted by Gasteiger charge is 2.19. The van der Waals surface area contributed by atoms with Crippen LogP contribution in [0.15, 0.2) is 18.5 Å². The van der Waals surface area contributed by atoms with Crippen molar-refractivity contribution in [2.24, 2.45) is 5.92 Å². The van der Waals surface area contributed by atoms with Crippen molar-refractivity contribution in [3.63, 3.8) is 0 Å². The van der Waals surface area contributed by atoms with E-state index in [0.29, 0.717) is 6.04 Å². The zero-order valence-electron chi connectivity index (χ0n) is 7.61. The van der Waals surface area contributed by atoms with Gasteiger partial charge in [-0.1, -0.05) is 6.92 Å². The molecular formula is C10H16N2. The molecule has 0 spiro atoms. The van der Waals surface area contributed by atoms with Crippen LogP contribution in [0.5, 0.6) is 0 Å². The van der Waals surface area contributed by atoms with Gasteiger partial charge in [-0.15, -0.1) is 0 Å². The fourth-order valence-corrected chi connectivity index (χ4v) is 2.00. The zero-order valence-corrected chi connectivity index (χ0v) is 7.61. The van der Waals surface area contributed by atoms with E-state index in [1.165, 1.54) is 25.7 Å². The molecule has 0 aromatic carbocycles. The first kappa shape index (κ1) is 7.84. The van der Waals surface area contributed by atoms with E-state index in [0.717, 1.165) is 5.92 Å². The van der Waals surface area contributed by atoms with E-state index < -0.39 is 0 Å². The Hall–Kier alpha value is -0.790. The Morgan fingerprint density at radius 1 is 1.25 bits per heavy atom. The number of hydrogen-bond acceptors (Lipinski definition) is 1. The first-order chi connectivity index (χ1) is 5.86. The molecule has 0 unspecified atom stereocenters. The lowest BCUT2D eigenvalue weighted by molar-refractivity contribution is 0.274. The Bertz CT molecular complexity index is 220. The maximum absolute atomic E-state index is 4.28. The van der Waals surface area contributed by atoms with E-state index in [1.807, 2.05) is 12.3 Å². The second-order valence-electron chi connectivity index (χ2n) is 3.90. The molecule has 0 atom stereocenters. The Morgan fingerprint density at radius 2 is 2.00 bits per heavy atom. The average Bonchev–Trinajstić information content (AvgIpc) is 2.58. The van der Waals surface area contributed by atoms with Gasteiger partial charge in [0.1, 0.15) is 0 Å². The van der Waals surface area contributed by atoms with Gasteiger partial charge in [0, 0.05) is 12.4 Å². The highest BCUT2D eigenvalue weighted by molar-refractivity contribution is 4.83. The molecule has 1 aliphatic carbocycles. The van der Waals surface area contributed by atoms with Crippen LogP contribution in [0.3, 0.4) is 0 Å². The summed E-state index contributed by atoms with van der Waals surface area (Å²) in [6.07, 6.45) is 9.30. The van der Waals surface area contributed by atoms with Gasteiger partial charge in [0.2, 0.25) is 0 Å². The summed E-state index contributed by atoms with van der Waals surface area (Å²) in [5.41, 5.74) is 0. The van der Waals surface area contributed by atoms with Crippen LogP contribution in [0.25, 0.3) is 0 Å². The Morgan fingerprint density at radius 3 is 2.58 bits per heavy atom. The van der Waals surface area contributed by atoms with Gasteiger partial charge < -0.3 is 0 Å². The Balaban J connectivity index is 1.99. The molecular weight excluding hydrogens is 148 g/mol. The molecule has 12 heavy (non-hydrogen) atoms. The summed E-state index contributed by atoms with van der Waals surface area (Å²) in [5.74, 6) is 0.928. The molecule has 1 aromatic rings. The van der Waals surface area contributed by atoms with E-state index in [1.54, 1.807) is 0 Å². The smallest absolute Gasteiger partial charge is 0.0519 e. The second-order valence-corrected chi connectivity index (χ2v) is 3.90. The Labute approximate surface area is 73.6 Å². The van der Waals surface area contributed by atoms with Crippen LogP contribution < -0.4 is 0 Å². The van der Waals surface area contributed by atoms with Crippen LogP contribution in [0.2, 0.25) is 0 Å². The largest absolute Gasteiger partial charge is 0.270 e. The molecule has 0 amide bonds. The van der Waals surface area contributed by atoms with Gasteiger partial charge >= 0.3 is 0 Å². The standard InChI is InChI=1S/C10H16N2/c1-9-3-5-10(6-4-9)12-8-2-7-11-12/h2,7-10H,3-6H2,1H3/t9-,10+. The van der Waals surface area contributed by atoms with Gasteiger partial charge in [-0.05, 0) is 37.7 Å². The van der Waals surface area contributed by atoms with Crippen LogP contribution >= 0.6 is 0 Å². The van der Waals surface area contributed by atoms with Gasteiger partial charge in [0.05, 0.1) is 6.04 Å². The number of rotatable bonds is 1. The summed E-state index contributed by atoms with van der Waals surface area (Å²) in [6, 6.07) is 2.69. The third-order valence-corrected chi connectivity index (χ3v) is 2.88. The molecule has 0 radical (unpaired) electrons. The summed E-state index contributed by atoms with van der Waals surface area (Å²) in [6.45, 7) is 2.35. The lowest BCUT2D eigenvalue weighted by atomic mass is 9.87. The van der Waals surface area contributed by atoms with E-state index in [-0.39, 0.29) is 0 Å². The van der Waals surface area contributed by atoms with Crippen LogP contribution in [-0.4, -0.2) is 9.78 Å². The second kappa shape index (κ2) is 3.30. The van der Waals surface area contributed by atoms with Crippen LogP contribution in [0.1, 0.15) is 38.6 Å². The van der Waals surface area contributed by atoms with E-state index in [2.05, 4.69) is 22.9 Å². The lowest BCUT2D eigenvalue weighted by Gasteiger charge is -2.26. The summed E-state index contributed by atoms with van der Waals surface area (Å²) in [4.78, 5) is 0. The molecule has 66 valence electrons. The maximum Gasteiger partial charge on any atom is 0.0519 e. The van der Waals surface area contributed by atoms with E-state index in [4.69, 9.17) is 0 Å². The number of aromatic nitrogens is 2. The maximum atomic E-state index is 4.28. The van der Waals surface area contributed by atoms with E-state index >= 15 is 0 Å². The molecule has 1 fully saturated rings. The van der Waals surface area contributed by atoms with Crippen molar-refractivity contribution in [1.82, 2.24) is 9.78 Å². The van der Waals surface area contributed by atoms with Crippen molar-refractivity contribution in [1.29, 1.82) is 0 Å². The third-order valence-electron chi connectivity index (χ3n) is 2.88. The Kier molecular flexibility index (Phi) is 2.15.